The molecule has 0 bridgehead atoms. The van der Waals surface area contributed by atoms with Crippen LogP contribution in [0.4, 0.5) is 11.5 Å². The third-order valence-corrected chi connectivity index (χ3v) is 6.62. The van der Waals surface area contributed by atoms with Crippen LogP contribution in [-0.4, -0.2) is 54.3 Å². The van der Waals surface area contributed by atoms with Crippen LogP contribution in [0.15, 0.2) is 40.5 Å². The summed E-state index contributed by atoms with van der Waals surface area (Å²) >= 11 is 0.837. The van der Waals surface area contributed by atoms with Crippen LogP contribution in [0.5, 0.6) is 0 Å². The van der Waals surface area contributed by atoms with E-state index >= 15 is 0 Å². The molecule has 2 atom stereocenters. The zero-order valence-corrected chi connectivity index (χ0v) is 21.2. The van der Waals surface area contributed by atoms with Gasteiger partial charge in [-0.05, 0) is 23.8 Å². The summed E-state index contributed by atoms with van der Waals surface area (Å²) in [5.74, 6) is 11.0. The Balaban J connectivity index is 0.00000408. The van der Waals surface area contributed by atoms with Crippen molar-refractivity contribution in [3.8, 4) is 11.1 Å². The van der Waals surface area contributed by atoms with Gasteiger partial charge in [-0.2, -0.15) is 13.5 Å². The van der Waals surface area contributed by atoms with Crippen molar-refractivity contribution in [1.82, 2.24) is 25.9 Å². The summed E-state index contributed by atoms with van der Waals surface area (Å²) < 4.78 is 22.8. The molecule has 12 N–H and O–H groups in total. The molecule has 1 saturated heterocycles. The van der Waals surface area contributed by atoms with E-state index in [2.05, 4.69) is 31.0 Å². The Kier molecular flexibility index (Phi) is 11.3. The highest BCUT2D eigenvalue weighted by Gasteiger charge is 2.26. The summed E-state index contributed by atoms with van der Waals surface area (Å²) in [7, 11) is 0.0978. The van der Waals surface area contributed by atoms with Crippen LogP contribution in [0.25, 0.3) is 11.1 Å². The maximum Gasteiger partial charge on any atom is 0.154 e. The smallest absolute Gasteiger partial charge is 0.154 e. The average Bonchev–Trinajstić information content (AvgIpc) is 2.83. The molecule has 1 aromatic carbocycles. The topological polar surface area (TPSA) is 207 Å². The number of pyridine rings is 1. The van der Waals surface area contributed by atoms with Gasteiger partial charge in [0.15, 0.2) is 5.84 Å². The van der Waals surface area contributed by atoms with Crippen molar-refractivity contribution in [2.24, 2.45) is 22.6 Å². The number of hydrogen-bond donors (Lipinski definition) is 8. The Morgan fingerprint density at radius 3 is 2.82 bits per heavy atom. The second kappa shape index (κ2) is 13.7. The van der Waals surface area contributed by atoms with Crippen molar-refractivity contribution in [2.45, 2.75) is 10.9 Å². The predicted molar refractivity (Wildman–Crippen MR) is 143 cm³/mol. The molecule has 188 valence electrons. The van der Waals surface area contributed by atoms with Crippen molar-refractivity contribution < 1.29 is 8.49 Å². The van der Waals surface area contributed by atoms with Crippen LogP contribution in [0.3, 0.4) is 0 Å². The molecule has 0 saturated carbocycles. The maximum atomic E-state index is 13.4. The van der Waals surface area contributed by atoms with Crippen molar-refractivity contribution >= 4 is 54.1 Å². The Labute approximate surface area is 212 Å². The lowest BCUT2D eigenvalue weighted by molar-refractivity contribution is 0.397. The number of nitrogens with zero attached hydrogens (tertiary/aromatic N) is 3. The number of rotatable bonds is 10. The van der Waals surface area contributed by atoms with Crippen LogP contribution in [0.1, 0.15) is 5.56 Å². The van der Waals surface area contributed by atoms with Crippen LogP contribution < -0.4 is 48.4 Å². The van der Waals surface area contributed by atoms with E-state index < -0.39 is 11.0 Å². The fourth-order valence-corrected chi connectivity index (χ4v) is 5.07. The normalized spacial score (nSPS) is 17.0. The van der Waals surface area contributed by atoms with E-state index in [9.17, 15) is 4.21 Å². The Morgan fingerprint density at radius 2 is 2.18 bits per heavy atom. The molecule has 1 aromatic heterocycles. The first kappa shape index (κ1) is 28.1. The van der Waals surface area contributed by atoms with Gasteiger partial charge in [0.05, 0.1) is 16.1 Å². The zero-order valence-electron chi connectivity index (χ0n) is 18.6. The van der Waals surface area contributed by atoms with Gasteiger partial charge in [-0.3, -0.25) is 4.31 Å². The monoisotopic (exact) mass is 529 g/mol. The van der Waals surface area contributed by atoms with Gasteiger partial charge in [-0.1, -0.05) is 6.07 Å². The van der Waals surface area contributed by atoms with Gasteiger partial charge < -0.3 is 22.1 Å². The van der Waals surface area contributed by atoms with Crippen LogP contribution in [0, 0.1) is 0 Å². The van der Waals surface area contributed by atoms with Gasteiger partial charge >= 0.3 is 0 Å². The van der Waals surface area contributed by atoms with Gasteiger partial charge in [-0.25, -0.2) is 35.5 Å². The maximum absolute atomic E-state index is 13.4. The molecule has 16 heteroatoms. The molecule has 0 spiro atoms. The molecule has 0 radical (unpaired) electrons. The highest BCUT2D eigenvalue weighted by molar-refractivity contribution is 7.96. The predicted octanol–water partition coefficient (Wildman–Crippen LogP) is -1.41. The first-order valence-electron chi connectivity index (χ1n) is 10.0. The van der Waals surface area contributed by atoms with E-state index in [4.69, 9.17) is 27.5 Å². The number of nitrogen functional groups attached to an aromatic ring is 1. The van der Waals surface area contributed by atoms with Gasteiger partial charge in [0.2, 0.25) is 0 Å². The molecule has 1 unspecified atom stereocenters. The largest absolute Gasteiger partial charge is 0.383 e. The zero-order chi connectivity index (χ0) is 23.8. The summed E-state index contributed by atoms with van der Waals surface area (Å²) in [6, 6.07) is 7.20. The lowest BCUT2D eigenvalue weighted by Gasteiger charge is -2.26. The summed E-state index contributed by atoms with van der Waals surface area (Å²) in [6.07, 6.45) is 1.59. The number of piperazine rings is 1. The number of nitrogens with one attached hydrogen (secondary N) is 4. The fourth-order valence-electron chi connectivity index (χ4n) is 3.50. The number of amidine groups is 1. The number of nitrogens with two attached hydrogens (primary N) is 4. The highest BCUT2D eigenvalue weighted by atomic mass is 32.2. The van der Waals surface area contributed by atoms with E-state index in [1.54, 1.807) is 41.8 Å². The van der Waals surface area contributed by atoms with Crippen molar-refractivity contribution in [3.05, 3.63) is 36.0 Å². The Hall–Kier alpha value is -2.15. The number of aromatic nitrogens is 1. The molecule has 2 aromatic rings. The van der Waals surface area contributed by atoms with Gasteiger partial charge in [0, 0.05) is 51.0 Å². The van der Waals surface area contributed by atoms with E-state index in [1.165, 1.54) is 0 Å². The molecule has 1 fully saturated rings. The first-order valence-corrected chi connectivity index (χ1v) is 11.9. The molecular weight excluding hydrogens is 498 g/mol. The lowest BCUT2D eigenvalue weighted by atomic mass is 9.97. The third-order valence-electron chi connectivity index (χ3n) is 4.97. The number of hydrazone groups is 1. The molecule has 3 rings (SSSR count). The van der Waals surface area contributed by atoms with Crippen molar-refractivity contribution in [3.63, 3.8) is 0 Å². The third kappa shape index (κ3) is 6.71. The highest BCUT2D eigenvalue weighted by Crippen LogP contribution is 2.39. The molecular formula is C18H31N11O2S3. The van der Waals surface area contributed by atoms with E-state index in [0.29, 0.717) is 39.6 Å². The minimum Gasteiger partial charge on any atom is -0.383 e. The van der Waals surface area contributed by atoms with Crippen molar-refractivity contribution in [1.29, 1.82) is 0 Å². The van der Waals surface area contributed by atoms with Gasteiger partial charge in [-0.15, -0.1) is 5.10 Å². The molecule has 34 heavy (non-hydrogen) atoms. The summed E-state index contributed by atoms with van der Waals surface area (Å²) in [4.78, 5) is 4.61. The Bertz CT molecular complexity index is 1010. The second-order valence-electron chi connectivity index (χ2n) is 7.04. The molecule has 2 heterocycles. The average molecular weight is 530 g/mol. The number of benzene rings is 1. The summed E-state index contributed by atoms with van der Waals surface area (Å²) in [5.41, 5.74) is 16.8. The van der Waals surface area contributed by atoms with Crippen LogP contribution >= 0.6 is 25.7 Å². The van der Waals surface area contributed by atoms with E-state index in [0.717, 1.165) is 31.9 Å². The number of hydrogen-bond acceptors (Lipinski definition) is 12. The van der Waals surface area contributed by atoms with Crippen molar-refractivity contribution in [2.75, 3.05) is 43.3 Å². The lowest BCUT2D eigenvalue weighted by Crippen LogP contribution is -2.52. The van der Waals surface area contributed by atoms with Gasteiger partial charge in [0.25, 0.3) is 0 Å². The van der Waals surface area contributed by atoms with E-state index in [-0.39, 0.29) is 25.4 Å². The molecule has 1 aliphatic heterocycles. The number of hydrazine groups is 1. The van der Waals surface area contributed by atoms with E-state index in [1.807, 2.05) is 0 Å². The molecule has 13 nitrogen and oxygen atoms in total. The summed E-state index contributed by atoms with van der Waals surface area (Å²) in [5, 5.41) is 10.6. The molecule has 0 aliphatic carbocycles. The standard InChI is InChI=1S/C18H29N11O2S2.H2S/c1-29(32-31-22)16-14(33(30)26-10-11-9-23-7-8-24-11)5-4-12(15(16)18(20)27-28-21)13-3-2-6-25-17(13)19;/h2-6,11,23-24,26,28H,7-10,21-22H2,1H3,(H2,19,25)(H2,20,27);1H2/t11-,33?;/m1./s1. The minimum absolute atomic E-state index is 0. The van der Waals surface area contributed by atoms with Gasteiger partial charge in [0.1, 0.15) is 29.0 Å². The summed E-state index contributed by atoms with van der Waals surface area (Å²) in [6.45, 7) is 3.02. The second-order valence-corrected chi connectivity index (χ2v) is 9.19. The van der Waals surface area contributed by atoms with Crippen LogP contribution in [0.2, 0.25) is 0 Å². The Morgan fingerprint density at radius 1 is 1.38 bits per heavy atom. The molecule has 0 amide bonds. The van der Waals surface area contributed by atoms with Crippen LogP contribution in [-0.2, 0) is 15.3 Å². The SMILES string of the molecule is CN(SON)c1c(S(=O)NC[C@H]2CNCCN2)ccc(-c2cccnc2N)c1/C(N)=N/NN.S. The quantitative estimate of drug-likeness (QED) is 0.0446. The fraction of sp³-hybridized carbons (Fsp3) is 0.333. The number of anilines is 2. The molecule has 1 aliphatic rings. The first-order chi connectivity index (χ1) is 16.0. The minimum atomic E-state index is -1.60.